The molecule has 3 aliphatic carbocycles. The van der Waals surface area contributed by atoms with E-state index >= 15 is 0 Å². The van der Waals surface area contributed by atoms with Crippen molar-refractivity contribution in [2.24, 2.45) is 11.7 Å². The van der Waals surface area contributed by atoms with Gasteiger partial charge in [-0.05, 0) is 18.6 Å². The molecule has 2 aromatic rings. The van der Waals surface area contributed by atoms with E-state index < -0.39 is 58.6 Å². The molecule has 5 rings (SSSR count). The van der Waals surface area contributed by atoms with E-state index in [0.29, 0.717) is 0 Å². The molecule has 10 heteroatoms. The van der Waals surface area contributed by atoms with Crippen molar-refractivity contribution < 1.29 is 39.6 Å². The fraction of sp³-hybridized carbons (Fsp3) is 0.350. The Morgan fingerprint density at radius 2 is 2.00 bits per heavy atom. The van der Waals surface area contributed by atoms with E-state index in [1.165, 1.54) is 19.1 Å². The Morgan fingerprint density at radius 3 is 2.67 bits per heavy atom. The van der Waals surface area contributed by atoms with Gasteiger partial charge < -0.3 is 35.8 Å². The average Bonchev–Trinajstić information content (AvgIpc) is 3.08. The van der Waals surface area contributed by atoms with Crippen molar-refractivity contribution in [2.45, 2.75) is 36.6 Å². The van der Waals surface area contributed by atoms with Crippen LogP contribution in [0.2, 0.25) is 0 Å². The zero-order valence-electron chi connectivity index (χ0n) is 15.7. The number of fused-ring (bicyclic) bond motifs is 4. The van der Waals surface area contributed by atoms with Gasteiger partial charge in [0.25, 0.3) is 5.91 Å². The number of rotatable bonds is 1. The highest BCUT2D eigenvalue weighted by atomic mass is 16.5. The molecule has 1 aromatic heterocycles. The van der Waals surface area contributed by atoms with Gasteiger partial charge in [0.2, 0.25) is 0 Å². The van der Waals surface area contributed by atoms with Gasteiger partial charge in [0, 0.05) is 23.8 Å². The first-order chi connectivity index (χ1) is 14.0. The summed E-state index contributed by atoms with van der Waals surface area (Å²) >= 11 is 0. The summed E-state index contributed by atoms with van der Waals surface area (Å²) in [5.41, 5.74) is 0.806. The van der Waals surface area contributed by atoms with Gasteiger partial charge in [0.15, 0.2) is 17.1 Å². The summed E-state index contributed by atoms with van der Waals surface area (Å²) in [5.74, 6) is -6.07. The molecular weight excluding hydrogens is 396 g/mol. The van der Waals surface area contributed by atoms with Crippen molar-refractivity contribution in [1.82, 2.24) is 5.16 Å². The number of carbonyl (C=O) groups excluding carboxylic acids is 2. The summed E-state index contributed by atoms with van der Waals surface area (Å²) in [7, 11) is 0. The summed E-state index contributed by atoms with van der Waals surface area (Å²) in [6.07, 6.45) is -2.05. The maximum absolute atomic E-state index is 12.4. The van der Waals surface area contributed by atoms with Crippen LogP contribution in [0.3, 0.4) is 0 Å². The predicted molar refractivity (Wildman–Crippen MR) is 97.8 cm³/mol. The van der Waals surface area contributed by atoms with E-state index in [1.54, 1.807) is 6.07 Å². The Morgan fingerprint density at radius 1 is 1.30 bits per heavy atom. The third-order valence-electron chi connectivity index (χ3n) is 6.63. The number of aliphatic hydroxyl groups is 4. The third kappa shape index (κ3) is 1.91. The quantitative estimate of drug-likeness (QED) is 0.343. The first-order valence-electron chi connectivity index (χ1n) is 9.25. The summed E-state index contributed by atoms with van der Waals surface area (Å²) in [4.78, 5) is 24.2. The fourth-order valence-electron chi connectivity index (χ4n) is 5.28. The molecule has 0 spiro atoms. The summed E-state index contributed by atoms with van der Waals surface area (Å²) < 4.78 is 5.36. The second-order valence-corrected chi connectivity index (χ2v) is 8.18. The highest BCUT2D eigenvalue weighted by Crippen LogP contribution is 2.62. The van der Waals surface area contributed by atoms with Crippen molar-refractivity contribution in [3.05, 3.63) is 46.4 Å². The van der Waals surface area contributed by atoms with Crippen LogP contribution in [0.5, 0.6) is 5.75 Å². The number of nitrogens with zero attached hydrogens (tertiary/aromatic N) is 1. The molecule has 10 nitrogen and oxygen atoms in total. The highest BCUT2D eigenvalue weighted by Gasteiger charge is 2.65. The van der Waals surface area contributed by atoms with Gasteiger partial charge in [-0.3, -0.25) is 9.59 Å². The van der Waals surface area contributed by atoms with Gasteiger partial charge in [-0.2, -0.15) is 0 Å². The minimum absolute atomic E-state index is 0.0740. The number of phenols is 1. The molecule has 7 N–H and O–H groups in total. The van der Waals surface area contributed by atoms with Gasteiger partial charge in [-0.1, -0.05) is 17.3 Å². The second-order valence-electron chi connectivity index (χ2n) is 8.18. The number of nitrogens with two attached hydrogens (primary N) is 1. The number of carbonyl (C=O) groups is 2. The van der Waals surface area contributed by atoms with E-state index in [-0.39, 0.29) is 33.9 Å². The third-order valence-corrected chi connectivity index (χ3v) is 6.63. The van der Waals surface area contributed by atoms with Crippen LogP contribution < -0.4 is 5.73 Å². The van der Waals surface area contributed by atoms with E-state index in [4.69, 9.17) is 10.3 Å². The number of hydrogen-bond donors (Lipinski definition) is 6. The van der Waals surface area contributed by atoms with Crippen molar-refractivity contribution in [2.75, 3.05) is 0 Å². The number of benzene rings is 1. The second kappa shape index (κ2) is 5.48. The van der Waals surface area contributed by atoms with Gasteiger partial charge in [-0.15, -0.1) is 0 Å². The standard InChI is InChI=1S/C20H18N2O8/c1-19(28)6-3-2-4-8(23)10(6)14-12-13(19)15(25)7-5-9(24)11(18(21)27)16(26)20(7,29)17(12)30-22-14/h2-4,7,13,15,23,25-26,28-29H,5H2,1H3,(H2,21,27)/t7-,13-,15-,19?,20-/m1/s1. The van der Waals surface area contributed by atoms with E-state index in [0.717, 1.165) is 0 Å². The number of primary amides is 1. The molecule has 0 bridgehead atoms. The Kier molecular flexibility index (Phi) is 3.43. The van der Waals surface area contributed by atoms with E-state index in [1.807, 2.05) is 0 Å². The monoisotopic (exact) mass is 414 g/mol. The number of aliphatic hydroxyl groups excluding tert-OH is 2. The minimum Gasteiger partial charge on any atom is -0.508 e. The fourth-order valence-corrected chi connectivity index (χ4v) is 5.28. The number of aromatic nitrogens is 1. The van der Waals surface area contributed by atoms with Gasteiger partial charge in [-0.25, -0.2) is 0 Å². The Balaban J connectivity index is 1.88. The number of phenolic OH excluding ortho intramolecular Hbond substituents is 1. The molecule has 5 atom stereocenters. The zero-order chi connectivity index (χ0) is 21.7. The normalized spacial score (nSPS) is 34.3. The highest BCUT2D eigenvalue weighted by molar-refractivity contribution is 6.20. The molecule has 3 aliphatic rings. The van der Waals surface area contributed by atoms with Crippen LogP contribution >= 0.6 is 0 Å². The topological polar surface area (TPSA) is 187 Å². The lowest BCUT2D eigenvalue weighted by atomic mass is 9.56. The summed E-state index contributed by atoms with van der Waals surface area (Å²) in [5, 5.41) is 59.1. The Labute approximate surface area is 168 Å². The van der Waals surface area contributed by atoms with Crippen LogP contribution in [0.1, 0.15) is 36.1 Å². The molecule has 1 heterocycles. The van der Waals surface area contributed by atoms with Gasteiger partial charge >= 0.3 is 0 Å². The van der Waals surface area contributed by atoms with Crippen LogP contribution in [-0.4, -0.2) is 48.5 Å². The number of amides is 1. The molecule has 1 amide bonds. The summed E-state index contributed by atoms with van der Waals surface area (Å²) in [6, 6.07) is 4.47. The van der Waals surface area contributed by atoms with Gasteiger partial charge in [0.05, 0.1) is 17.3 Å². The maximum atomic E-state index is 12.4. The molecule has 0 aliphatic heterocycles. The number of Topliss-reactive ketones (excluding diaryl/α,β-unsaturated/α-hetero) is 1. The van der Waals surface area contributed by atoms with E-state index in [2.05, 4.69) is 5.16 Å². The average molecular weight is 414 g/mol. The van der Waals surface area contributed by atoms with Crippen LogP contribution in [-0.2, 0) is 20.8 Å². The zero-order valence-corrected chi connectivity index (χ0v) is 15.7. The maximum Gasteiger partial charge on any atom is 0.255 e. The van der Waals surface area contributed by atoms with Gasteiger partial charge in [0.1, 0.15) is 22.8 Å². The molecule has 1 aromatic carbocycles. The lowest BCUT2D eigenvalue weighted by Gasteiger charge is -2.51. The number of ketones is 1. The SMILES string of the molecule is CC1(O)c2cccc(O)c2-c2noc3c2[C@@H]1[C@H](O)[C@H]1CC(=O)C(C(N)=O)=C(O)[C@@]31O. The predicted octanol–water partition coefficient (Wildman–Crippen LogP) is -0.200. The van der Waals surface area contributed by atoms with Crippen molar-refractivity contribution in [3.63, 3.8) is 0 Å². The van der Waals surface area contributed by atoms with Crippen molar-refractivity contribution in [3.8, 4) is 17.0 Å². The van der Waals surface area contributed by atoms with Crippen LogP contribution in [0.15, 0.2) is 34.1 Å². The van der Waals surface area contributed by atoms with Crippen LogP contribution in [0.25, 0.3) is 11.3 Å². The molecule has 0 saturated carbocycles. The smallest absolute Gasteiger partial charge is 0.255 e. The molecule has 0 saturated heterocycles. The van der Waals surface area contributed by atoms with Crippen LogP contribution in [0, 0.1) is 5.92 Å². The Hall–Kier alpha value is -3.21. The molecule has 30 heavy (non-hydrogen) atoms. The lowest BCUT2D eigenvalue weighted by Crippen LogP contribution is -2.58. The Bertz CT molecular complexity index is 1180. The number of hydrogen-bond acceptors (Lipinski definition) is 9. The first kappa shape index (κ1) is 18.8. The molecule has 156 valence electrons. The number of aromatic hydroxyl groups is 1. The minimum atomic E-state index is -2.47. The molecule has 0 radical (unpaired) electrons. The lowest BCUT2D eigenvalue weighted by molar-refractivity contribution is -0.154. The molecule has 0 fully saturated rings. The van der Waals surface area contributed by atoms with Crippen molar-refractivity contribution >= 4 is 11.7 Å². The van der Waals surface area contributed by atoms with E-state index in [9.17, 15) is 35.1 Å². The van der Waals surface area contributed by atoms with Crippen molar-refractivity contribution in [1.29, 1.82) is 0 Å². The molecular formula is C20H18N2O8. The largest absolute Gasteiger partial charge is 0.508 e. The molecule has 1 unspecified atom stereocenters. The summed E-state index contributed by atoms with van der Waals surface area (Å²) in [6.45, 7) is 1.43. The van der Waals surface area contributed by atoms with Crippen LogP contribution in [0.4, 0.5) is 0 Å². The first-order valence-corrected chi connectivity index (χ1v) is 9.25.